The molecule has 0 N–H and O–H groups in total. The van der Waals surface area contributed by atoms with Crippen LogP contribution < -0.4 is 0 Å². The van der Waals surface area contributed by atoms with Gasteiger partial charge in [-0.25, -0.2) is 0 Å². The largest absolute Gasteiger partial charge is 0.462 e. The molecule has 0 aromatic heterocycles. The highest BCUT2D eigenvalue weighted by molar-refractivity contribution is 5.71. The van der Waals surface area contributed by atoms with Gasteiger partial charge in [0, 0.05) is 59.3 Å². The average Bonchev–Trinajstić information content (AvgIpc) is 3.37. The number of allylic oxidation sites excluding steroid dienone is 3. The van der Waals surface area contributed by atoms with Gasteiger partial charge in [0.15, 0.2) is 6.10 Å². The zero-order valence-electron chi connectivity index (χ0n) is 48.7. The van der Waals surface area contributed by atoms with Crippen molar-refractivity contribution in [1.82, 2.24) is 0 Å². The van der Waals surface area contributed by atoms with Gasteiger partial charge in [-0.15, -0.1) is 0 Å². The van der Waals surface area contributed by atoms with E-state index < -0.39 is 12.1 Å². The van der Waals surface area contributed by atoms with E-state index in [4.69, 9.17) is 28.4 Å². The first-order chi connectivity index (χ1) is 36.4. The molecule has 434 valence electrons. The van der Waals surface area contributed by atoms with E-state index in [2.05, 4.69) is 57.2 Å². The molecule has 0 amide bonds. The molecule has 0 saturated carbocycles. The summed E-state index contributed by atoms with van der Waals surface area (Å²) in [5.74, 6) is -1.78. The SMILES string of the molecule is CCCCCCC(C/C=C\CCCCCCCC(=O)OC(COC(=O)CCCCCCC/C=C/CC(CCCCCC)OC(C)=O)COC(=O)CCCCCCC/C=C/CC(CCCCCC)OC(C)=O)OC(C)=O. The Morgan fingerprint density at radius 1 is 0.307 bits per heavy atom. The van der Waals surface area contributed by atoms with Crippen molar-refractivity contribution >= 4 is 35.8 Å². The first-order valence-electron chi connectivity index (χ1n) is 30.4. The molecule has 0 fully saturated rings. The molecule has 0 aliphatic rings. The molecule has 0 aliphatic heterocycles. The van der Waals surface area contributed by atoms with Gasteiger partial charge < -0.3 is 28.4 Å². The molecule has 75 heavy (non-hydrogen) atoms. The number of carbonyl (C=O) groups is 6. The lowest BCUT2D eigenvalue weighted by Gasteiger charge is -2.18. The van der Waals surface area contributed by atoms with E-state index in [1.165, 1.54) is 72.1 Å². The smallest absolute Gasteiger partial charge is 0.306 e. The number of hydrogen-bond donors (Lipinski definition) is 0. The molecule has 0 aromatic rings. The molecule has 0 aliphatic carbocycles. The van der Waals surface area contributed by atoms with Crippen LogP contribution >= 0.6 is 0 Å². The zero-order chi connectivity index (χ0) is 55.3. The lowest BCUT2D eigenvalue weighted by atomic mass is 10.1. The first kappa shape index (κ1) is 71.0. The monoisotopic (exact) mass is 1060 g/mol. The molecule has 0 bridgehead atoms. The van der Waals surface area contributed by atoms with E-state index >= 15 is 0 Å². The molecule has 0 radical (unpaired) electrons. The van der Waals surface area contributed by atoms with Crippen LogP contribution in [0.2, 0.25) is 0 Å². The molecule has 0 spiro atoms. The minimum atomic E-state index is -0.870. The van der Waals surface area contributed by atoms with E-state index in [9.17, 15) is 28.8 Å². The number of carbonyl (C=O) groups excluding carboxylic acids is 6. The summed E-state index contributed by atoms with van der Waals surface area (Å²) in [6, 6.07) is 0. The molecular formula is C63H110O12. The lowest BCUT2D eigenvalue weighted by Crippen LogP contribution is -2.30. The predicted molar refractivity (Wildman–Crippen MR) is 303 cm³/mol. The van der Waals surface area contributed by atoms with Crippen molar-refractivity contribution in [2.24, 2.45) is 0 Å². The summed E-state index contributed by atoms with van der Waals surface area (Å²) >= 11 is 0. The van der Waals surface area contributed by atoms with E-state index in [1.807, 2.05) is 0 Å². The summed E-state index contributed by atoms with van der Waals surface area (Å²) in [6.07, 6.45) is 48.6. The van der Waals surface area contributed by atoms with Gasteiger partial charge in [-0.3, -0.25) is 28.8 Å². The van der Waals surface area contributed by atoms with E-state index in [-0.39, 0.29) is 80.6 Å². The van der Waals surface area contributed by atoms with Crippen molar-refractivity contribution in [1.29, 1.82) is 0 Å². The fourth-order valence-corrected chi connectivity index (χ4v) is 8.94. The van der Waals surface area contributed by atoms with Crippen molar-refractivity contribution in [3.63, 3.8) is 0 Å². The molecule has 12 nitrogen and oxygen atoms in total. The third-order valence-corrected chi connectivity index (χ3v) is 13.2. The molecule has 12 heteroatoms. The summed E-state index contributed by atoms with van der Waals surface area (Å²) in [7, 11) is 0. The van der Waals surface area contributed by atoms with Crippen LogP contribution in [0.4, 0.5) is 0 Å². The Labute approximate surface area is 457 Å². The van der Waals surface area contributed by atoms with Gasteiger partial charge in [0.05, 0.1) is 0 Å². The summed E-state index contributed by atoms with van der Waals surface area (Å²) in [4.78, 5) is 73.0. The number of hydrogen-bond acceptors (Lipinski definition) is 12. The van der Waals surface area contributed by atoms with Gasteiger partial charge >= 0.3 is 35.8 Å². The Hall–Kier alpha value is -3.96. The predicted octanol–water partition coefficient (Wildman–Crippen LogP) is 16.7. The summed E-state index contributed by atoms with van der Waals surface area (Å²) < 4.78 is 33.4. The van der Waals surface area contributed by atoms with Crippen LogP contribution in [0.5, 0.6) is 0 Å². The molecule has 0 rings (SSSR count). The number of esters is 6. The highest BCUT2D eigenvalue weighted by Crippen LogP contribution is 2.18. The Balaban J connectivity index is 4.79. The van der Waals surface area contributed by atoms with Gasteiger partial charge in [-0.1, -0.05) is 173 Å². The van der Waals surface area contributed by atoms with Crippen LogP contribution in [0.25, 0.3) is 0 Å². The second-order valence-electron chi connectivity index (χ2n) is 20.8. The van der Waals surface area contributed by atoms with Gasteiger partial charge in [0.2, 0.25) is 0 Å². The van der Waals surface area contributed by atoms with E-state index in [0.29, 0.717) is 19.3 Å². The molecule has 3 atom stereocenters. The van der Waals surface area contributed by atoms with Crippen LogP contribution in [0.15, 0.2) is 36.5 Å². The second kappa shape index (κ2) is 53.4. The standard InChI is InChI=1S/C63H110O12/c1-7-10-13-34-43-57(72-54(4)64)46-37-28-22-16-19-25-31-40-49-61(67)70-52-60(75-63(69)51-42-33-27-21-18-24-30-39-48-59(74-56(6)66)45-36-15-12-9-3)53-71-62(68)50-41-32-26-20-17-23-29-38-47-58(73-55(5)65)44-35-14-11-8-2/h28-30,37-39,57-60H,7-27,31-36,40-53H2,1-6H3/b37-28+,38-29+,39-30-. The minimum absolute atomic E-state index is 0.0489. The quantitative estimate of drug-likeness (QED) is 0.0246. The Morgan fingerprint density at radius 2 is 0.587 bits per heavy atom. The van der Waals surface area contributed by atoms with Crippen LogP contribution in [0.3, 0.4) is 0 Å². The normalized spacial score (nSPS) is 13.2. The van der Waals surface area contributed by atoms with Gasteiger partial charge in [-0.2, -0.15) is 0 Å². The highest BCUT2D eigenvalue weighted by Gasteiger charge is 2.20. The number of rotatable bonds is 53. The van der Waals surface area contributed by atoms with Crippen molar-refractivity contribution in [3.8, 4) is 0 Å². The first-order valence-corrected chi connectivity index (χ1v) is 30.4. The highest BCUT2D eigenvalue weighted by atomic mass is 16.6. The minimum Gasteiger partial charge on any atom is -0.462 e. The Morgan fingerprint density at radius 3 is 0.893 bits per heavy atom. The van der Waals surface area contributed by atoms with Crippen LogP contribution in [-0.2, 0) is 57.2 Å². The third kappa shape index (κ3) is 51.9. The van der Waals surface area contributed by atoms with Gasteiger partial charge in [0.1, 0.15) is 31.5 Å². The second-order valence-corrected chi connectivity index (χ2v) is 20.8. The van der Waals surface area contributed by atoms with Crippen molar-refractivity contribution in [3.05, 3.63) is 36.5 Å². The average molecular weight is 1060 g/mol. The maximum atomic E-state index is 12.9. The molecular weight excluding hydrogens is 949 g/mol. The lowest BCUT2D eigenvalue weighted by molar-refractivity contribution is -0.167. The number of unbranched alkanes of at least 4 members (excludes halogenated alkanes) is 24. The summed E-state index contributed by atoms with van der Waals surface area (Å²) in [5.41, 5.74) is 0. The van der Waals surface area contributed by atoms with Crippen molar-refractivity contribution < 1.29 is 57.2 Å². The van der Waals surface area contributed by atoms with Crippen LogP contribution in [-0.4, -0.2) is 73.4 Å². The molecule has 3 unspecified atom stereocenters. The van der Waals surface area contributed by atoms with Crippen LogP contribution in [0.1, 0.15) is 292 Å². The van der Waals surface area contributed by atoms with Crippen LogP contribution in [0, 0.1) is 0 Å². The van der Waals surface area contributed by atoms with E-state index in [1.54, 1.807) is 0 Å². The Bertz CT molecular complexity index is 1430. The molecule has 0 aromatic carbocycles. The van der Waals surface area contributed by atoms with Gasteiger partial charge in [-0.05, 0) is 96.3 Å². The topological polar surface area (TPSA) is 158 Å². The van der Waals surface area contributed by atoms with E-state index in [0.717, 1.165) is 161 Å². The fourth-order valence-electron chi connectivity index (χ4n) is 8.94. The molecule has 0 saturated heterocycles. The molecule has 0 heterocycles. The third-order valence-electron chi connectivity index (χ3n) is 13.2. The zero-order valence-corrected chi connectivity index (χ0v) is 48.7. The van der Waals surface area contributed by atoms with Crippen molar-refractivity contribution in [2.45, 2.75) is 316 Å². The Kier molecular flexibility index (Phi) is 50.6. The summed E-state index contributed by atoms with van der Waals surface area (Å²) in [6.45, 7) is 10.7. The number of ether oxygens (including phenoxy) is 6. The maximum absolute atomic E-state index is 12.9. The maximum Gasteiger partial charge on any atom is 0.306 e. The van der Waals surface area contributed by atoms with Gasteiger partial charge in [0.25, 0.3) is 0 Å². The van der Waals surface area contributed by atoms with Crippen molar-refractivity contribution in [2.75, 3.05) is 13.2 Å². The fraction of sp³-hybridized carbons (Fsp3) is 0.810. The summed E-state index contributed by atoms with van der Waals surface area (Å²) in [5, 5.41) is 0.